The molecule has 2 N–H and O–H groups in total. The molecule has 1 aliphatic rings. The molecule has 0 aliphatic heterocycles. The van der Waals surface area contributed by atoms with Crippen molar-refractivity contribution in [1.82, 2.24) is 9.62 Å². The number of nitrogens with one attached hydrogen (secondary N) is 1. The summed E-state index contributed by atoms with van der Waals surface area (Å²) in [5.41, 5.74) is 0.298. The number of carboxylic acid groups (broad SMARTS) is 1. The average molecular weight is 385 g/mol. The fourth-order valence-electron chi connectivity index (χ4n) is 3.11. The Morgan fingerprint density at radius 3 is 2.62 bits per heavy atom. The smallest absolute Gasteiger partial charge is 0.317 e. The second-order valence-electron chi connectivity index (χ2n) is 6.35. The largest absolute Gasteiger partial charge is 0.480 e. The van der Waals surface area contributed by atoms with E-state index in [1.54, 1.807) is 23.1 Å². The van der Waals surface area contributed by atoms with Crippen LogP contribution < -0.4 is 4.72 Å². The lowest BCUT2D eigenvalue weighted by Crippen LogP contribution is -2.55. The summed E-state index contributed by atoms with van der Waals surface area (Å²) in [7, 11) is -3.57. The Morgan fingerprint density at radius 2 is 2.04 bits per heavy atom. The second kappa shape index (κ2) is 8.56. The summed E-state index contributed by atoms with van der Waals surface area (Å²) in [4.78, 5) is 23.1. The van der Waals surface area contributed by atoms with Crippen LogP contribution in [0.4, 0.5) is 5.69 Å². The van der Waals surface area contributed by atoms with E-state index in [-0.39, 0.29) is 36.5 Å². The Kier molecular flexibility index (Phi) is 6.68. The van der Waals surface area contributed by atoms with E-state index in [1.165, 1.54) is 6.07 Å². The summed E-state index contributed by atoms with van der Waals surface area (Å²) in [6.45, 7) is 2.40. The van der Waals surface area contributed by atoms with Gasteiger partial charge in [0.2, 0.25) is 10.0 Å². The Bertz CT molecular complexity index is 761. The number of aryl methyl sites for hydroxylation is 1. The first-order valence-corrected chi connectivity index (χ1v) is 10.0. The summed E-state index contributed by atoms with van der Waals surface area (Å²) in [6, 6.07) is 5.92. The maximum Gasteiger partial charge on any atom is 0.317 e. The van der Waals surface area contributed by atoms with Gasteiger partial charge in [0.25, 0.3) is 5.69 Å². The van der Waals surface area contributed by atoms with Gasteiger partial charge in [-0.15, -0.1) is 0 Å². The van der Waals surface area contributed by atoms with Gasteiger partial charge < -0.3 is 5.11 Å². The highest BCUT2D eigenvalue weighted by molar-refractivity contribution is 7.89. The topological polar surface area (TPSA) is 130 Å². The van der Waals surface area contributed by atoms with Crippen LogP contribution >= 0.6 is 0 Å². The predicted octanol–water partition coefficient (Wildman–Crippen LogP) is 0.994. The van der Waals surface area contributed by atoms with Gasteiger partial charge in [-0.2, -0.15) is 0 Å². The lowest BCUT2D eigenvalue weighted by Gasteiger charge is -2.42. The number of aliphatic carboxylic acids is 1. The molecule has 0 spiro atoms. The normalized spacial score (nSPS) is 19.9. The molecule has 2 rings (SSSR count). The van der Waals surface area contributed by atoms with Crippen LogP contribution in [0.5, 0.6) is 0 Å². The van der Waals surface area contributed by atoms with Crippen molar-refractivity contribution in [2.75, 3.05) is 18.8 Å². The van der Waals surface area contributed by atoms with E-state index in [0.29, 0.717) is 24.9 Å². The van der Waals surface area contributed by atoms with E-state index in [4.69, 9.17) is 5.11 Å². The maximum absolute atomic E-state index is 12.2. The average Bonchev–Trinajstić information content (AvgIpc) is 2.54. The summed E-state index contributed by atoms with van der Waals surface area (Å²) >= 11 is 0. The minimum atomic E-state index is -3.57. The number of sulfonamides is 1. The zero-order valence-electron chi connectivity index (χ0n) is 14.5. The molecule has 9 nitrogen and oxygen atoms in total. The van der Waals surface area contributed by atoms with Crippen LogP contribution in [-0.4, -0.2) is 60.2 Å². The van der Waals surface area contributed by atoms with Gasteiger partial charge in [-0.1, -0.05) is 25.1 Å². The predicted molar refractivity (Wildman–Crippen MR) is 95.4 cm³/mol. The molecule has 0 saturated heterocycles. The minimum absolute atomic E-state index is 0.0546. The maximum atomic E-state index is 12.2. The fraction of sp³-hybridized carbons (Fsp3) is 0.562. The highest BCUT2D eigenvalue weighted by Gasteiger charge is 2.36. The van der Waals surface area contributed by atoms with Crippen LogP contribution in [0.15, 0.2) is 24.3 Å². The molecule has 10 heteroatoms. The fourth-order valence-corrected chi connectivity index (χ4v) is 4.42. The Hall–Kier alpha value is -2.04. The quantitative estimate of drug-likeness (QED) is 0.454. The minimum Gasteiger partial charge on any atom is -0.480 e. The molecule has 0 bridgehead atoms. The summed E-state index contributed by atoms with van der Waals surface area (Å²) in [5.74, 6) is -1.13. The SMILES string of the molecule is CCN(CC(=O)O)C1CC(NS(=O)(=O)CCc2ccccc2[N+](=O)[O-])C1. The van der Waals surface area contributed by atoms with Crippen molar-refractivity contribution in [3.63, 3.8) is 0 Å². The number of hydrogen-bond donors (Lipinski definition) is 2. The number of benzene rings is 1. The van der Waals surface area contributed by atoms with Crippen LogP contribution in [0.3, 0.4) is 0 Å². The first-order chi connectivity index (χ1) is 12.2. The molecule has 0 radical (unpaired) electrons. The number of para-hydroxylation sites is 1. The monoisotopic (exact) mass is 385 g/mol. The molecular weight excluding hydrogens is 362 g/mol. The van der Waals surface area contributed by atoms with Crippen LogP contribution in [0.25, 0.3) is 0 Å². The summed E-state index contributed by atoms with van der Waals surface area (Å²) < 4.78 is 27.0. The molecule has 1 aromatic rings. The Balaban J connectivity index is 1.85. The van der Waals surface area contributed by atoms with Gasteiger partial charge in [-0.05, 0) is 25.8 Å². The van der Waals surface area contributed by atoms with Crippen LogP contribution in [0.2, 0.25) is 0 Å². The second-order valence-corrected chi connectivity index (χ2v) is 8.22. The standard InChI is InChI=1S/C16H23N3O6S/c1-2-18(11-16(20)21)14-9-13(10-14)17-26(24,25)8-7-12-5-3-4-6-15(12)19(22)23/h3-6,13-14,17H,2,7-11H2,1H3,(H,20,21). The number of nitro groups is 1. The molecule has 1 aromatic carbocycles. The molecule has 26 heavy (non-hydrogen) atoms. The third kappa shape index (κ3) is 5.48. The third-order valence-electron chi connectivity index (χ3n) is 4.55. The van der Waals surface area contributed by atoms with Crippen molar-refractivity contribution >= 4 is 21.7 Å². The van der Waals surface area contributed by atoms with E-state index in [2.05, 4.69) is 4.72 Å². The van der Waals surface area contributed by atoms with E-state index in [9.17, 15) is 23.3 Å². The van der Waals surface area contributed by atoms with Crippen molar-refractivity contribution in [1.29, 1.82) is 0 Å². The molecule has 1 saturated carbocycles. The van der Waals surface area contributed by atoms with Gasteiger partial charge in [0.1, 0.15) is 0 Å². The van der Waals surface area contributed by atoms with Gasteiger partial charge in [0.05, 0.1) is 17.2 Å². The van der Waals surface area contributed by atoms with Crippen molar-refractivity contribution in [2.45, 2.75) is 38.3 Å². The highest BCUT2D eigenvalue weighted by Crippen LogP contribution is 2.26. The van der Waals surface area contributed by atoms with Gasteiger partial charge in [-0.25, -0.2) is 13.1 Å². The number of rotatable bonds is 10. The molecule has 1 fully saturated rings. The van der Waals surface area contributed by atoms with E-state index in [1.807, 2.05) is 6.92 Å². The van der Waals surface area contributed by atoms with Gasteiger partial charge >= 0.3 is 5.97 Å². The number of carboxylic acids is 1. The van der Waals surface area contributed by atoms with Gasteiger partial charge in [0, 0.05) is 23.7 Å². The Morgan fingerprint density at radius 1 is 1.38 bits per heavy atom. The van der Waals surface area contributed by atoms with Gasteiger partial charge in [0.15, 0.2) is 0 Å². The zero-order chi connectivity index (χ0) is 19.3. The van der Waals surface area contributed by atoms with Crippen LogP contribution in [0, 0.1) is 10.1 Å². The summed E-state index contributed by atoms with van der Waals surface area (Å²) in [5, 5.41) is 19.9. The molecule has 0 amide bonds. The number of carbonyl (C=O) groups is 1. The molecule has 0 unspecified atom stereocenters. The number of nitro benzene ring substituents is 1. The van der Waals surface area contributed by atoms with Crippen molar-refractivity contribution < 1.29 is 23.2 Å². The van der Waals surface area contributed by atoms with Crippen LogP contribution in [0.1, 0.15) is 25.3 Å². The number of hydrogen-bond acceptors (Lipinski definition) is 6. The number of nitrogens with zero attached hydrogens (tertiary/aromatic N) is 2. The summed E-state index contributed by atoms with van der Waals surface area (Å²) in [6.07, 6.45) is 1.18. The molecule has 0 heterocycles. The van der Waals surface area contributed by atoms with Gasteiger partial charge in [-0.3, -0.25) is 19.8 Å². The highest BCUT2D eigenvalue weighted by atomic mass is 32.2. The van der Waals surface area contributed by atoms with E-state index in [0.717, 1.165) is 0 Å². The van der Waals surface area contributed by atoms with Crippen LogP contribution in [-0.2, 0) is 21.2 Å². The van der Waals surface area contributed by atoms with Crippen molar-refractivity contribution in [3.8, 4) is 0 Å². The van der Waals surface area contributed by atoms with Crippen molar-refractivity contribution in [3.05, 3.63) is 39.9 Å². The van der Waals surface area contributed by atoms with E-state index >= 15 is 0 Å². The number of likely N-dealkylation sites (N-methyl/N-ethyl adjacent to an activating group) is 1. The Labute approximate surface area is 152 Å². The molecule has 0 aromatic heterocycles. The lowest BCUT2D eigenvalue weighted by molar-refractivity contribution is -0.385. The first kappa shape index (κ1) is 20.3. The molecule has 0 atom stereocenters. The molecule has 144 valence electrons. The third-order valence-corrected chi connectivity index (χ3v) is 5.98. The van der Waals surface area contributed by atoms with Crippen molar-refractivity contribution in [2.24, 2.45) is 0 Å². The lowest BCUT2D eigenvalue weighted by atomic mass is 9.86. The zero-order valence-corrected chi connectivity index (χ0v) is 15.3. The molecule has 1 aliphatic carbocycles. The van der Waals surface area contributed by atoms with E-state index < -0.39 is 20.9 Å². The first-order valence-electron chi connectivity index (χ1n) is 8.40. The molecular formula is C16H23N3O6S.